The molecule has 4 heteroatoms. The number of carbonyl (C=O) groups excluding carboxylic acids is 2. The molecule has 0 aliphatic carbocycles. The van der Waals surface area contributed by atoms with Crippen molar-refractivity contribution in [3.8, 4) is 0 Å². The topological polar surface area (TPSA) is 43.4 Å². The van der Waals surface area contributed by atoms with E-state index in [1.807, 2.05) is 0 Å². The summed E-state index contributed by atoms with van der Waals surface area (Å²) in [4.78, 5) is 21.8. The lowest BCUT2D eigenvalue weighted by Crippen LogP contribution is -2.05. The van der Waals surface area contributed by atoms with Crippen molar-refractivity contribution in [2.75, 3.05) is 6.61 Å². The van der Waals surface area contributed by atoms with Crippen LogP contribution in [0.5, 0.6) is 0 Å². The van der Waals surface area contributed by atoms with Crippen LogP contribution >= 0.6 is 11.6 Å². The third-order valence-corrected chi connectivity index (χ3v) is 1.95. The SMILES string of the molecule is CCOC(=O)c1cc(C=O)ccc1Cl. The zero-order valence-electron chi connectivity index (χ0n) is 7.62. The summed E-state index contributed by atoms with van der Waals surface area (Å²) in [6.07, 6.45) is 0.652. The third kappa shape index (κ3) is 2.33. The highest BCUT2D eigenvalue weighted by atomic mass is 35.5. The maximum Gasteiger partial charge on any atom is 0.339 e. The summed E-state index contributed by atoms with van der Waals surface area (Å²) in [5.41, 5.74) is 0.621. The Hall–Kier alpha value is -1.35. The molecule has 0 radical (unpaired) electrons. The molecule has 0 fully saturated rings. The molecule has 1 rings (SSSR count). The van der Waals surface area contributed by atoms with E-state index in [1.54, 1.807) is 6.92 Å². The van der Waals surface area contributed by atoms with Crippen molar-refractivity contribution in [3.63, 3.8) is 0 Å². The lowest BCUT2D eigenvalue weighted by atomic mass is 10.1. The Balaban J connectivity index is 3.05. The molecule has 3 nitrogen and oxygen atoms in total. The van der Waals surface area contributed by atoms with Gasteiger partial charge in [-0.25, -0.2) is 4.79 Å². The first-order valence-corrected chi connectivity index (χ1v) is 4.48. The summed E-state index contributed by atoms with van der Waals surface area (Å²) in [7, 11) is 0. The van der Waals surface area contributed by atoms with Crippen LogP contribution < -0.4 is 0 Å². The van der Waals surface area contributed by atoms with Crippen molar-refractivity contribution in [3.05, 3.63) is 34.3 Å². The molecule has 0 amide bonds. The van der Waals surface area contributed by atoms with Crippen LogP contribution in [0.4, 0.5) is 0 Å². The zero-order valence-corrected chi connectivity index (χ0v) is 8.38. The van der Waals surface area contributed by atoms with Gasteiger partial charge in [0.1, 0.15) is 6.29 Å². The normalized spacial score (nSPS) is 9.57. The fraction of sp³-hybridized carbons (Fsp3) is 0.200. The van der Waals surface area contributed by atoms with Gasteiger partial charge in [0.05, 0.1) is 17.2 Å². The summed E-state index contributed by atoms with van der Waals surface area (Å²) in [6.45, 7) is 1.98. The van der Waals surface area contributed by atoms with Crippen LogP contribution in [0.2, 0.25) is 5.02 Å². The number of rotatable bonds is 3. The predicted octanol–water partition coefficient (Wildman–Crippen LogP) is 2.33. The number of halogens is 1. The minimum absolute atomic E-state index is 0.220. The van der Waals surface area contributed by atoms with Gasteiger partial charge in [0.25, 0.3) is 0 Å². The average molecular weight is 213 g/mol. The highest BCUT2D eigenvalue weighted by Crippen LogP contribution is 2.17. The van der Waals surface area contributed by atoms with E-state index in [4.69, 9.17) is 16.3 Å². The second-order valence-corrected chi connectivity index (χ2v) is 2.98. The van der Waals surface area contributed by atoms with Crippen molar-refractivity contribution >= 4 is 23.9 Å². The molecule has 0 bridgehead atoms. The van der Waals surface area contributed by atoms with E-state index in [0.29, 0.717) is 11.8 Å². The minimum Gasteiger partial charge on any atom is -0.462 e. The van der Waals surface area contributed by atoms with E-state index in [1.165, 1.54) is 18.2 Å². The maximum absolute atomic E-state index is 11.3. The number of esters is 1. The van der Waals surface area contributed by atoms with Gasteiger partial charge in [0, 0.05) is 5.56 Å². The Morgan fingerprint density at radius 3 is 2.86 bits per heavy atom. The van der Waals surface area contributed by atoms with Gasteiger partial charge in [-0.1, -0.05) is 17.7 Å². The molecule has 0 aromatic heterocycles. The molecule has 14 heavy (non-hydrogen) atoms. The van der Waals surface area contributed by atoms with E-state index in [9.17, 15) is 9.59 Å². The molecule has 0 N–H and O–H groups in total. The van der Waals surface area contributed by atoms with E-state index < -0.39 is 5.97 Å². The molecule has 0 unspecified atom stereocenters. The summed E-state index contributed by atoms with van der Waals surface area (Å²) in [5, 5.41) is 0.286. The number of ether oxygens (including phenoxy) is 1. The number of aldehydes is 1. The van der Waals surface area contributed by atoms with Crippen LogP contribution in [-0.4, -0.2) is 18.9 Å². The van der Waals surface area contributed by atoms with Crippen molar-refractivity contribution in [2.45, 2.75) is 6.92 Å². The average Bonchev–Trinajstić information content (AvgIpc) is 2.19. The molecule has 0 aliphatic heterocycles. The van der Waals surface area contributed by atoms with Crippen molar-refractivity contribution < 1.29 is 14.3 Å². The first kappa shape index (κ1) is 10.7. The Morgan fingerprint density at radius 2 is 2.29 bits per heavy atom. The van der Waals surface area contributed by atoms with Crippen LogP contribution in [0.3, 0.4) is 0 Å². The number of hydrogen-bond acceptors (Lipinski definition) is 3. The quantitative estimate of drug-likeness (QED) is 0.571. The summed E-state index contributed by atoms with van der Waals surface area (Å²) >= 11 is 5.77. The van der Waals surface area contributed by atoms with Crippen LogP contribution in [0.1, 0.15) is 27.6 Å². The van der Waals surface area contributed by atoms with Gasteiger partial charge < -0.3 is 4.74 Å². The molecule has 0 saturated carbocycles. The van der Waals surface area contributed by atoms with Gasteiger partial charge in [-0.3, -0.25) is 4.79 Å². The molecule has 1 aromatic carbocycles. The highest BCUT2D eigenvalue weighted by Gasteiger charge is 2.11. The molecule has 74 valence electrons. The van der Waals surface area contributed by atoms with Crippen molar-refractivity contribution in [2.24, 2.45) is 0 Å². The van der Waals surface area contributed by atoms with E-state index >= 15 is 0 Å². The minimum atomic E-state index is -0.513. The second-order valence-electron chi connectivity index (χ2n) is 2.58. The fourth-order valence-electron chi connectivity index (χ4n) is 0.981. The van der Waals surface area contributed by atoms with Crippen LogP contribution in [0, 0.1) is 0 Å². The van der Waals surface area contributed by atoms with Crippen molar-refractivity contribution in [1.82, 2.24) is 0 Å². The molecular formula is C10H9ClO3. The lowest BCUT2D eigenvalue weighted by Gasteiger charge is -2.03. The number of carbonyl (C=O) groups is 2. The molecule has 0 spiro atoms. The zero-order chi connectivity index (χ0) is 10.6. The maximum atomic E-state index is 11.3. The Bertz CT molecular complexity index is 360. The van der Waals surface area contributed by atoms with Gasteiger partial charge >= 0.3 is 5.97 Å². The highest BCUT2D eigenvalue weighted by molar-refractivity contribution is 6.33. The van der Waals surface area contributed by atoms with Crippen LogP contribution in [0.25, 0.3) is 0 Å². The van der Waals surface area contributed by atoms with Gasteiger partial charge in [-0.2, -0.15) is 0 Å². The third-order valence-electron chi connectivity index (χ3n) is 1.62. The Labute approximate surface area is 86.6 Å². The molecule has 0 saturated heterocycles. The fourth-order valence-corrected chi connectivity index (χ4v) is 1.18. The summed E-state index contributed by atoms with van der Waals surface area (Å²) in [5.74, 6) is -0.513. The first-order chi connectivity index (χ1) is 6.69. The second kappa shape index (κ2) is 4.77. The first-order valence-electron chi connectivity index (χ1n) is 4.11. The molecule has 1 aromatic rings. The number of hydrogen-bond donors (Lipinski definition) is 0. The Morgan fingerprint density at radius 1 is 1.57 bits per heavy atom. The number of benzene rings is 1. The van der Waals surface area contributed by atoms with Crippen LogP contribution in [0.15, 0.2) is 18.2 Å². The summed E-state index contributed by atoms with van der Waals surface area (Å²) in [6, 6.07) is 4.45. The van der Waals surface area contributed by atoms with E-state index in [0.717, 1.165) is 0 Å². The van der Waals surface area contributed by atoms with Gasteiger partial charge in [-0.05, 0) is 19.1 Å². The van der Waals surface area contributed by atoms with Gasteiger partial charge in [0.2, 0.25) is 0 Å². The van der Waals surface area contributed by atoms with Crippen LogP contribution in [-0.2, 0) is 4.74 Å². The monoisotopic (exact) mass is 212 g/mol. The standard InChI is InChI=1S/C10H9ClO3/c1-2-14-10(13)8-5-7(6-12)3-4-9(8)11/h3-6H,2H2,1H3. The van der Waals surface area contributed by atoms with E-state index in [-0.39, 0.29) is 17.2 Å². The molecule has 0 aliphatic rings. The smallest absolute Gasteiger partial charge is 0.339 e. The Kier molecular flexibility index (Phi) is 3.65. The van der Waals surface area contributed by atoms with Crippen molar-refractivity contribution in [1.29, 1.82) is 0 Å². The lowest BCUT2D eigenvalue weighted by molar-refractivity contribution is 0.0526. The molecule has 0 atom stereocenters. The molecule has 0 heterocycles. The van der Waals surface area contributed by atoms with E-state index in [2.05, 4.69) is 0 Å². The predicted molar refractivity (Wildman–Crippen MR) is 52.8 cm³/mol. The summed E-state index contributed by atoms with van der Waals surface area (Å²) < 4.78 is 4.77. The molecular weight excluding hydrogens is 204 g/mol. The van der Waals surface area contributed by atoms with Gasteiger partial charge in [0.15, 0.2) is 0 Å². The largest absolute Gasteiger partial charge is 0.462 e. The van der Waals surface area contributed by atoms with Gasteiger partial charge in [-0.15, -0.1) is 0 Å².